The highest BCUT2D eigenvalue weighted by Crippen LogP contribution is 2.24. The van der Waals surface area contributed by atoms with Gasteiger partial charge in [0.15, 0.2) is 0 Å². The van der Waals surface area contributed by atoms with Crippen molar-refractivity contribution in [3.63, 3.8) is 0 Å². The minimum absolute atomic E-state index is 0.788. The van der Waals surface area contributed by atoms with Gasteiger partial charge in [-0.2, -0.15) is 11.8 Å². The van der Waals surface area contributed by atoms with Gasteiger partial charge in [-0.05, 0) is 25.7 Å². The molecule has 2 nitrogen and oxygen atoms in total. The van der Waals surface area contributed by atoms with Gasteiger partial charge >= 0.3 is 0 Å². The molecule has 2 atom stereocenters. The van der Waals surface area contributed by atoms with Gasteiger partial charge in [-0.3, -0.25) is 4.90 Å². The van der Waals surface area contributed by atoms with Crippen LogP contribution in [0, 0.1) is 0 Å². The highest BCUT2D eigenvalue weighted by molar-refractivity contribution is 8.00. The molecule has 0 radical (unpaired) electrons. The number of nitrogens with zero attached hydrogens (tertiary/aromatic N) is 1. The standard InChI is InChI=1S/C14H28N2S/c1-3-5-13(10-15-12-6-7-12)16-8-9-17-14(4-2)11-16/h12-15H,3-11H2,1-2H3. The molecule has 0 aromatic rings. The molecule has 1 heterocycles. The molecule has 2 rings (SSSR count). The van der Waals surface area contributed by atoms with Gasteiger partial charge in [0, 0.05) is 42.7 Å². The lowest BCUT2D eigenvalue weighted by atomic mass is 10.1. The zero-order valence-electron chi connectivity index (χ0n) is 11.5. The molecule has 17 heavy (non-hydrogen) atoms. The Kier molecular flexibility index (Phi) is 5.64. The summed E-state index contributed by atoms with van der Waals surface area (Å²) in [5, 5.41) is 4.60. The highest BCUT2D eigenvalue weighted by Gasteiger charge is 2.27. The summed E-state index contributed by atoms with van der Waals surface area (Å²) >= 11 is 2.18. The maximum Gasteiger partial charge on any atom is 0.0221 e. The quantitative estimate of drug-likeness (QED) is 0.754. The Bertz CT molecular complexity index is 218. The second kappa shape index (κ2) is 7.01. The SMILES string of the molecule is CCCC(CNC1CC1)N1CCSC(CC)C1. The molecular weight excluding hydrogens is 228 g/mol. The van der Waals surface area contributed by atoms with E-state index >= 15 is 0 Å². The van der Waals surface area contributed by atoms with Crippen molar-refractivity contribution in [1.29, 1.82) is 0 Å². The Hall–Kier alpha value is 0.270. The van der Waals surface area contributed by atoms with Gasteiger partial charge in [-0.25, -0.2) is 0 Å². The Morgan fingerprint density at radius 1 is 1.35 bits per heavy atom. The predicted molar refractivity (Wildman–Crippen MR) is 77.8 cm³/mol. The lowest BCUT2D eigenvalue weighted by Crippen LogP contribution is -2.48. The van der Waals surface area contributed by atoms with E-state index in [0.717, 1.165) is 17.3 Å². The Morgan fingerprint density at radius 3 is 2.82 bits per heavy atom. The molecular formula is C14H28N2S. The summed E-state index contributed by atoms with van der Waals surface area (Å²) in [6, 6.07) is 1.64. The van der Waals surface area contributed by atoms with E-state index in [2.05, 4.69) is 35.8 Å². The molecule has 0 amide bonds. The summed E-state index contributed by atoms with van der Waals surface area (Å²) in [7, 11) is 0. The van der Waals surface area contributed by atoms with Crippen molar-refractivity contribution < 1.29 is 0 Å². The van der Waals surface area contributed by atoms with Gasteiger partial charge in [0.05, 0.1) is 0 Å². The van der Waals surface area contributed by atoms with Gasteiger partial charge in [-0.1, -0.05) is 20.3 Å². The number of hydrogen-bond acceptors (Lipinski definition) is 3. The van der Waals surface area contributed by atoms with Crippen molar-refractivity contribution in [2.45, 2.75) is 63.3 Å². The topological polar surface area (TPSA) is 15.3 Å². The average Bonchev–Trinajstić information content (AvgIpc) is 3.18. The number of thioether (sulfide) groups is 1. The molecule has 1 saturated heterocycles. The van der Waals surface area contributed by atoms with Gasteiger partial charge in [-0.15, -0.1) is 0 Å². The van der Waals surface area contributed by atoms with Crippen LogP contribution in [0.5, 0.6) is 0 Å². The molecule has 2 aliphatic rings. The molecule has 0 spiro atoms. The van der Waals surface area contributed by atoms with Gasteiger partial charge in [0.25, 0.3) is 0 Å². The van der Waals surface area contributed by atoms with Crippen molar-refractivity contribution in [1.82, 2.24) is 10.2 Å². The van der Waals surface area contributed by atoms with E-state index in [1.54, 1.807) is 0 Å². The minimum Gasteiger partial charge on any atom is -0.312 e. The van der Waals surface area contributed by atoms with Crippen molar-refractivity contribution in [2.75, 3.05) is 25.4 Å². The molecule has 0 aromatic carbocycles. The van der Waals surface area contributed by atoms with Crippen molar-refractivity contribution in [3.05, 3.63) is 0 Å². The molecule has 100 valence electrons. The van der Waals surface area contributed by atoms with E-state index in [9.17, 15) is 0 Å². The summed E-state index contributed by atoms with van der Waals surface area (Å²) < 4.78 is 0. The van der Waals surface area contributed by atoms with Crippen LogP contribution >= 0.6 is 11.8 Å². The predicted octanol–water partition coefficient (Wildman–Crippen LogP) is 2.73. The van der Waals surface area contributed by atoms with Crippen LogP contribution in [0.1, 0.15) is 46.0 Å². The molecule has 1 aliphatic carbocycles. The third-order valence-corrected chi connectivity index (χ3v) is 5.36. The summed E-state index contributed by atoms with van der Waals surface area (Å²) in [5.41, 5.74) is 0. The average molecular weight is 256 g/mol. The van der Waals surface area contributed by atoms with Gasteiger partial charge < -0.3 is 5.32 Å². The first-order valence-electron chi connectivity index (χ1n) is 7.42. The summed E-state index contributed by atoms with van der Waals surface area (Å²) in [6.07, 6.45) is 6.83. The van der Waals surface area contributed by atoms with Crippen LogP contribution in [0.15, 0.2) is 0 Å². The zero-order valence-corrected chi connectivity index (χ0v) is 12.3. The van der Waals surface area contributed by atoms with E-state index < -0.39 is 0 Å². The van der Waals surface area contributed by atoms with Crippen LogP contribution in [0.4, 0.5) is 0 Å². The molecule has 0 aromatic heterocycles. The van der Waals surface area contributed by atoms with Gasteiger partial charge in [0.2, 0.25) is 0 Å². The van der Waals surface area contributed by atoms with Crippen molar-refractivity contribution in [3.8, 4) is 0 Å². The Balaban J connectivity index is 1.79. The molecule has 2 fully saturated rings. The van der Waals surface area contributed by atoms with E-state index in [1.165, 1.54) is 57.5 Å². The van der Waals surface area contributed by atoms with E-state index in [4.69, 9.17) is 0 Å². The minimum atomic E-state index is 0.788. The van der Waals surface area contributed by atoms with Crippen LogP contribution in [-0.2, 0) is 0 Å². The number of rotatable bonds is 7. The largest absolute Gasteiger partial charge is 0.312 e. The second-order valence-electron chi connectivity index (χ2n) is 5.52. The van der Waals surface area contributed by atoms with E-state index in [0.29, 0.717) is 0 Å². The molecule has 2 unspecified atom stereocenters. The number of hydrogen-bond donors (Lipinski definition) is 1. The monoisotopic (exact) mass is 256 g/mol. The maximum absolute atomic E-state index is 3.72. The van der Waals surface area contributed by atoms with Crippen LogP contribution < -0.4 is 5.32 Å². The third-order valence-electron chi connectivity index (χ3n) is 3.98. The maximum atomic E-state index is 3.72. The van der Waals surface area contributed by atoms with Crippen molar-refractivity contribution in [2.24, 2.45) is 0 Å². The van der Waals surface area contributed by atoms with Crippen LogP contribution in [0.3, 0.4) is 0 Å². The lowest BCUT2D eigenvalue weighted by molar-refractivity contribution is 0.186. The molecule has 1 saturated carbocycles. The fraction of sp³-hybridized carbons (Fsp3) is 1.00. The second-order valence-corrected chi connectivity index (χ2v) is 6.93. The smallest absolute Gasteiger partial charge is 0.0221 e. The first kappa shape index (κ1) is 13.7. The molecule has 1 N–H and O–H groups in total. The number of nitrogens with one attached hydrogen (secondary N) is 1. The molecule has 0 bridgehead atoms. The Labute approximate surface area is 111 Å². The fourth-order valence-electron chi connectivity index (χ4n) is 2.66. The summed E-state index contributed by atoms with van der Waals surface area (Å²) in [4.78, 5) is 2.75. The van der Waals surface area contributed by atoms with Gasteiger partial charge in [0.1, 0.15) is 0 Å². The first-order chi connectivity index (χ1) is 8.33. The highest BCUT2D eigenvalue weighted by atomic mass is 32.2. The van der Waals surface area contributed by atoms with Crippen LogP contribution in [0.25, 0.3) is 0 Å². The summed E-state index contributed by atoms with van der Waals surface area (Å²) in [6.45, 7) is 8.49. The van der Waals surface area contributed by atoms with Crippen LogP contribution in [0.2, 0.25) is 0 Å². The first-order valence-corrected chi connectivity index (χ1v) is 8.47. The van der Waals surface area contributed by atoms with E-state index in [-0.39, 0.29) is 0 Å². The third kappa shape index (κ3) is 4.46. The van der Waals surface area contributed by atoms with E-state index in [1.807, 2.05) is 0 Å². The lowest BCUT2D eigenvalue weighted by Gasteiger charge is -2.38. The fourth-order valence-corrected chi connectivity index (χ4v) is 3.86. The van der Waals surface area contributed by atoms with Crippen molar-refractivity contribution >= 4 is 11.8 Å². The molecule has 1 aliphatic heterocycles. The van der Waals surface area contributed by atoms with Crippen LogP contribution in [-0.4, -0.2) is 47.6 Å². The summed E-state index contributed by atoms with van der Waals surface area (Å²) in [5.74, 6) is 1.34. The molecule has 3 heteroatoms. The Morgan fingerprint density at radius 2 is 2.18 bits per heavy atom. The zero-order chi connectivity index (χ0) is 12.1. The normalized spacial score (nSPS) is 28.2.